The van der Waals surface area contributed by atoms with E-state index in [4.69, 9.17) is 4.74 Å². The average molecular weight is 739 g/mol. The van der Waals surface area contributed by atoms with Gasteiger partial charge in [-0.25, -0.2) is 4.68 Å². The highest BCUT2D eigenvalue weighted by Gasteiger charge is 2.61. The molecule has 0 amide bonds. The summed E-state index contributed by atoms with van der Waals surface area (Å²) >= 11 is 0. The van der Waals surface area contributed by atoms with Gasteiger partial charge in [0, 0.05) is 10.7 Å². The summed E-state index contributed by atoms with van der Waals surface area (Å²) < 4.78 is 177. The molecule has 3 aromatic carbocycles. The summed E-state index contributed by atoms with van der Waals surface area (Å²) in [6, 6.07) is 4.99. The minimum atomic E-state index is -5.36. The van der Waals surface area contributed by atoms with Crippen molar-refractivity contribution in [2.24, 2.45) is 5.41 Å². The molecule has 2 aliphatic carbocycles. The first kappa shape index (κ1) is 36.1. The third kappa shape index (κ3) is 5.73. The Labute approximate surface area is 279 Å². The Morgan fingerprint density at radius 3 is 1.60 bits per heavy atom. The molecule has 0 spiro atoms. The molecule has 268 valence electrons. The van der Waals surface area contributed by atoms with Crippen molar-refractivity contribution in [1.82, 2.24) is 9.78 Å². The van der Waals surface area contributed by atoms with Gasteiger partial charge in [0.05, 0.1) is 41.3 Å². The maximum atomic E-state index is 14.1. The fraction of sp³-hybridized carbons (Fsp3) is 0.382. The van der Waals surface area contributed by atoms with Gasteiger partial charge in [0.2, 0.25) is 0 Å². The van der Waals surface area contributed by atoms with Gasteiger partial charge in [-0.2, -0.15) is 57.8 Å². The first-order valence-corrected chi connectivity index (χ1v) is 16.4. The normalized spacial score (nSPS) is 20.5. The zero-order valence-electron chi connectivity index (χ0n) is 26.6. The van der Waals surface area contributed by atoms with E-state index in [9.17, 15) is 52.7 Å². The fourth-order valence-electron chi connectivity index (χ4n) is 7.44. The van der Waals surface area contributed by atoms with Crippen LogP contribution in [0.5, 0.6) is 5.75 Å². The molecule has 16 heteroatoms. The van der Waals surface area contributed by atoms with Gasteiger partial charge in [0.1, 0.15) is 11.4 Å². The lowest BCUT2D eigenvalue weighted by atomic mass is 9.70. The van der Waals surface area contributed by atoms with Crippen LogP contribution in [0.3, 0.4) is 0 Å². The number of nitrogens with zero attached hydrogens (tertiary/aromatic N) is 2. The van der Waals surface area contributed by atoms with E-state index in [2.05, 4.69) is 5.10 Å². The summed E-state index contributed by atoms with van der Waals surface area (Å²) in [5.74, 6) is 0.0302. The van der Waals surface area contributed by atoms with Gasteiger partial charge in [-0.3, -0.25) is 0 Å². The minimum absolute atomic E-state index is 0.00359. The van der Waals surface area contributed by atoms with Crippen molar-refractivity contribution in [2.75, 3.05) is 7.11 Å². The highest BCUT2D eigenvalue weighted by Crippen LogP contribution is 2.68. The Balaban J connectivity index is 1.75. The van der Waals surface area contributed by atoms with Crippen LogP contribution in [0.15, 0.2) is 60.8 Å². The molecule has 0 saturated heterocycles. The van der Waals surface area contributed by atoms with Gasteiger partial charge in [-0.1, -0.05) is 32.9 Å². The second kappa shape index (κ2) is 11.4. The van der Waals surface area contributed by atoms with E-state index in [1.807, 2.05) is 20.8 Å². The number of rotatable bonds is 5. The first-order valence-electron chi connectivity index (χ1n) is 15.0. The van der Waals surface area contributed by atoms with E-state index in [1.165, 1.54) is 30.0 Å². The Hall–Kier alpha value is -3.74. The fourth-order valence-corrected chi connectivity index (χ4v) is 10.0. The maximum absolute atomic E-state index is 14.1. The largest absolute Gasteiger partial charge is 0.494 e. The number of benzene rings is 3. The zero-order chi connectivity index (χ0) is 37.0. The average Bonchev–Trinajstić information content (AvgIpc) is 3.58. The standard InChI is InChI=1S/C34H27F12N2OP/c1-29(2)24-8-9-30(29,3)28-23(24)16-47-48(28)27-25(49-4)6-5-7-26(27)50(21-12-17(31(35,36)37)10-18(13-21)32(38,39)40)22-14-19(33(41,42)43)11-20(15-22)34(44,45)46/h5-7,10-16,24H,8-9H2,1-4H3/t24-,30+/m1/s1. The van der Waals surface area contributed by atoms with Crippen molar-refractivity contribution in [2.45, 2.75) is 69.7 Å². The summed E-state index contributed by atoms with van der Waals surface area (Å²) in [6.07, 6.45) is -18.4. The van der Waals surface area contributed by atoms with E-state index < -0.39 is 70.9 Å². The van der Waals surface area contributed by atoms with E-state index in [-0.39, 0.29) is 40.2 Å². The van der Waals surface area contributed by atoms with Crippen LogP contribution in [0.2, 0.25) is 0 Å². The summed E-state index contributed by atoms with van der Waals surface area (Å²) in [6.45, 7) is 6.08. The van der Waals surface area contributed by atoms with Crippen LogP contribution in [0, 0.1) is 5.41 Å². The summed E-state index contributed by atoms with van der Waals surface area (Å²) in [7, 11) is -1.82. The number of fused-ring (bicyclic) bond motifs is 5. The Morgan fingerprint density at radius 2 is 1.18 bits per heavy atom. The topological polar surface area (TPSA) is 27.1 Å². The van der Waals surface area contributed by atoms with Crippen molar-refractivity contribution in [1.29, 1.82) is 0 Å². The molecular weight excluding hydrogens is 711 g/mol. The summed E-state index contributed by atoms with van der Waals surface area (Å²) in [5, 5.41) is 2.80. The van der Waals surface area contributed by atoms with Crippen molar-refractivity contribution in [3.05, 3.63) is 94.3 Å². The number of ether oxygens (including phenoxy) is 1. The van der Waals surface area contributed by atoms with E-state index in [0.29, 0.717) is 36.4 Å². The van der Waals surface area contributed by atoms with Crippen molar-refractivity contribution in [3.63, 3.8) is 0 Å². The molecule has 0 aliphatic heterocycles. The number of aromatic nitrogens is 2. The summed E-state index contributed by atoms with van der Waals surface area (Å²) in [5.41, 5.74) is -6.53. The van der Waals surface area contributed by atoms with Crippen LogP contribution >= 0.6 is 7.92 Å². The van der Waals surface area contributed by atoms with Gasteiger partial charge in [-0.15, -0.1) is 0 Å². The van der Waals surface area contributed by atoms with Gasteiger partial charge in [0.25, 0.3) is 0 Å². The quantitative estimate of drug-likeness (QED) is 0.151. The lowest BCUT2D eigenvalue weighted by molar-refractivity contribution is -0.144. The molecule has 1 heterocycles. The first-order chi connectivity index (χ1) is 22.9. The molecule has 6 rings (SSSR count). The molecule has 0 N–H and O–H groups in total. The van der Waals surface area contributed by atoms with Gasteiger partial charge >= 0.3 is 24.7 Å². The predicted octanol–water partition coefficient (Wildman–Crippen LogP) is 9.89. The number of halogens is 12. The van der Waals surface area contributed by atoms with Gasteiger partial charge in [-0.05, 0) is 90.7 Å². The highest BCUT2D eigenvalue weighted by molar-refractivity contribution is 7.80. The molecule has 0 unspecified atom stereocenters. The molecule has 2 bridgehead atoms. The lowest BCUT2D eigenvalue weighted by Gasteiger charge is -2.36. The van der Waals surface area contributed by atoms with E-state index >= 15 is 0 Å². The minimum Gasteiger partial charge on any atom is -0.494 e. The monoisotopic (exact) mass is 738 g/mol. The molecule has 3 nitrogen and oxygen atoms in total. The number of alkyl halides is 12. The van der Waals surface area contributed by atoms with E-state index in [1.54, 1.807) is 6.20 Å². The predicted molar refractivity (Wildman–Crippen MR) is 162 cm³/mol. The number of hydrogen-bond donors (Lipinski definition) is 0. The van der Waals surface area contributed by atoms with Crippen LogP contribution in [0.25, 0.3) is 5.69 Å². The molecule has 1 saturated carbocycles. The molecule has 1 fully saturated rings. The Morgan fingerprint density at radius 1 is 0.720 bits per heavy atom. The molecule has 50 heavy (non-hydrogen) atoms. The Bertz CT molecular complexity index is 1830. The second-order valence-electron chi connectivity index (χ2n) is 13.2. The van der Waals surface area contributed by atoms with Crippen LogP contribution in [-0.2, 0) is 30.1 Å². The SMILES string of the molecule is COc1cccc(P(c2cc(C(F)(F)F)cc(C(F)(F)F)c2)c2cc(C(F)(F)F)cc(C(F)(F)F)c2)c1-n1ncc2c1[C@]1(C)CC[C@H]2C1(C)C. The number of hydrogen-bond acceptors (Lipinski definition) is 2. The molecule has 0 radical (unpaired) electrons. The third-order valence-electron chi connectivity index (χ3n) is 10.2. The van der Waals surface area contributed by atoms with Crippen LogP contribution in [0.4, 0.5) is 52.7 Å². The number of methoxy groups -OCH3 is 1. The van der Waals surface area contributed by atoms with Crippen LogP contribution in [0.1, 0.15) is 73.0 Å². The Kier molecular flexibility index (Phi) is 8.21. The zero-order valence-corrected chi connectivity index (χ0v) is 27.4. The molecule has 4 aromatic rings. The van der Waals surface area contributed by atoms with Crippen molar-refractivity contribution < 1.29 is 57.4 Å². The molecule has 2 aliphatic rings. The van der Waals surface area contributed by atoms with Crippen LogP contribution < -0.4 is 20.7 Å². The maximum Gasteiger partial charge on any atom is 0.416 e. The van der Waals surface area contributed by atoms with Gasteiger partial charge < -0.3 is 4.74 Å². The van der Waals surface area contributed by atoms with Crippen molar-refractivity contribution in [3.8, 4) is 11.4 Å². The molecule has 2 atom stereocenters. The van der Waals surface area contributed by atoms with Crippen LogP contribution in [-0.4, -0.2) is 16.9 Å². The number of para-hydroxylation sites is 1. The molecule has 1 aromatic heterocycles. The van der Waals surface area contributed by atoms with Gasteiger partial charge in [0.15, 0.2) is 0 Å². The molecular formula is C34H27F12N2OP. The third-order valence-corrected chi connectivity index (χ3v) is 12.6. The highest BCUT2D eigenvalue weighted by atomic mass is 31.1. The smallest absolute Gasteiger partial charge is 0.416 e. The summed E-state index contributed by atoms with van der Waals surface area (Å²) in [4.78, 5) is 0. The lowest BCUT2D eigenvalue weighted by Crippen LogP contribution is -2.35. The van der Waals surface area contributed by atoms with E-state index in [0.717, 1.165) is 12.0 Å². The second-order valence-corrected chi connectivity index (χ2v) is 15.4. The van der Waals surface area contributed by atoms with Crippen molar-refractivity contribution >= 4 is 23.8 Å².